The molecule has 1 aliphatic rings. The minimum atomic E-state index is -0.809. The Morgan fingerprint density at radius 1 is 1.48 bits per heavy atom. The molecule has 21 heavy (non-hydrogen) atoms. The number of hydrogen-bond acceptors (Lipinski definition) is 5. The highest BCUT2D eigenvalue weighted by atomic mass is 16.5. The third-order valence-corrected chi connectivity index (χ3v) is 3.63. The Labute approximate surface area is 124 Å². The van der Waals surface area contributed by atoms with E-state index in [1.54, 1.807) is 4.68 Å². The van der Waals surface area contributed by atoms with Gasteiger partial charge in [-0.2, -0.15) is 0 Å². The molecule has 0 spiro atoms. The Balaban J connectivity index is 2.10. The molecular formula is C14H24N4O3. The van der Waals surface area contributed by atoms with Crippen molar-refractivity contribution in [2.24, 2.45) is 11.3 Å². The van der Waals surface area contributed by atoms with Crippen LogP contribution in [0, 0.1) is 11.3 Å². The van der Waals surface area contributed by atoms with E-state index in [9.17, 15) is 9.90 Å². The summed E-state index contributed by atoms with van der Waals surface area (Å²) in [6.45, 7) is 7.10. The Kier molecular flexibility index (Phi) is 4.92. The fourth-order valence-electron chi connectivity index (χ4n) is 2.69. The number of rotatable bonds is 5. The van der Waals surface area contributed by atoms with Crippen LogP contribution in [-0.2, 0) is 16.1 Å². The first-order chi connectivity index (χ1) is 9.87. The molecule has 1 fully saturated rings. The maximum Gasteiger partial charge on any atom is 0.308 e. The minimum absolute atomic E-state index is 0.0570. The van der Waals surface area contributed by atoms with Gasteiger partial charge in [0.1, 0.15) is 6.10 Å². The molecule has 7 nitrogen and oxygen atoms in total. The first kappa shape index (κ1) is 15.9. The fraction of sp³-hybridized carbons (Fsp3) is 0.857. The third kappa shape index (κ3) is 4.49. The summed E-state index contributed by atoms with van der Waals surface area (Å²) in [4.78, 5) is 11.5. The quantitative estimate of drug-likeness (QED) is 0.894. The van der Waals surface area contributed by atoms with Crippen LogP contribution in [0.4, 0.5) is 0 Å². The Morgan fingerprint density at radius 2 is 2.24 bits per heavy atom. The molecule has 2 atom stereocenters. The molecule has 0 saturated carbocycles. The molecule has 7 heteroatoms. The predicted octanol–water partition coefficient (Wildman–Crippen LogP) is 2.05. The molecule has 2 heterocycles. The molecule has 2 unspecified atom stereocenters. The fourth-order valence-corrected chi connectivity index (χ4v) is 2.69. The van der Waals surface area contributed by atoms with Crippen LogP contribution in [-0.4, -0.2) is 37.9 Å². The lowest BCUT2D eigenvalue weighted by atomic mass is 9.84. The average molecular weight is 296 g/mol. The van der Waals surface area contributed by atoms with E-state index in [2.05, 4.69) is 15.5 Å². The molecule has 2 rings (SSSR count). The van der Waals surface area contributed by atoms with Crippen LogP contribution in [0.5, 0.6) is 0 Å². The lowest BCUT2D eigenvalue weighted by molar-refractivity contribution is -0.143. The Bertz CT molecular complexity index is 475. The van der Waals surface area contributed by atoms with Crippen LogP contribution in [0.2, 0.25) is 0 Å². The molecule has 0 aromatic carbocycles. The average Bonchev–Trinajstić information content (AvgIpc) is 2.85. The van der Waals surface area contributed by atoms with Crippen LogP contribution in [0.3, 0.4) is 0 Å². The molecule has 0 aliphatic carbocycles. The summed E-state index contributed by atoms with van der Waals surface area (Å²) in [5.74, 6) is -0.665. The van der Waals surface area contributed by atoms with Crippen molar-refractivity contribution in [3.63, 3.8) is 0 Å². The lowest BCUT2D eigenvalue weighted by Crippen LogP contribution is -2.27. The lowest BCUT2D eigenvalue weighted by Gasteiger charge is -2.25. The van der Waals surface area contributed by atoms with Gasteiger partial charge in [0.2, 0.25) is 0 Å². The first-order valence-electron chi connectivity index (χ1n) is 7.47. The van der Waals surface area contributed by atoms with Gasteiger partial charge in [-0.15, -0.1) is 5.10 Å². The summed E-state index contributed by atoms with van der Waals surface area (Å²) < 4.78 is 7.29. The van der Waals surface area contributed by atoms with E-state index < -0.39 is 11.9 Å². The standard InChI is InChI=1S/C14H24N4O3/c1-14(2,3)8-10(13(19)20)9-18-12(15-16-17-18)11-6-4-5-7-21-11/h10-11H,4-9H2,1-3H3,(H,19,20). The molecule has 0 bridgehead atoms. The van der Waals surface area contributed by atoms with Crippen molar-refractivity contribution >= 4 is 5.97 Å². The van der Waals surface area contributed by atoms with Crippen LogP contribution in [0.1, 0.15) is 58.4 Å². The van der Waals surface area contributed by atoms with Gasteiger partial charge in [-0.3, -0.25) is 4.79 Å². The number of aliphatic carboxylic acids is 1. The SMILES string of the molecule is CC(C)(C)CC(Cn1nnnc1C1CCCCO1)C(=O)O. The van der Waals surface area contributed by atoms with Gasteiger partial charge in [0.05, 0.1) is 12.5 Å². The van der Waals surface area contributed by atoms with Crippen molar-refractivity contribution < 1.29 is 14.6 Å². The van der Waals surface area contributed by atoms with Gasteiger partial charge in [0.25, 0.3) is 0 Å². The van der Waals surface area contributed by atoms with E-state index in [0.29, 0.717) is 18.9 Å². The van der Waals surface area contributed by atoms with Crippen LogP contribution in [0.25, 0.3) is 0 Å². The van der Waals surface area contributed by atoms with Crippen molar-refractivity contribution in [2.75, 3.05) is 6.61 Å². The van der Waals surface area contributed by atoms with E-state index in [1.807, 2.05) is 20.8 Å². The van der Waals surface area contributed by atoms with Crippen molar-refractivity contribution in [3.05, 3.63) is 5.82 Å². The molecule has 1 aromatic rings. The number of carboxylic acid groups (broad SMARTS) is 1. The Hall–Kier alpha value is -1.50. The monoisotopic (exact) mass is 296 g/mol. The number of hydrogen-bond donors (Lipinski definition) is 1. The van der Waals surface area contributed by atoms with Crippen molar-refractivity contribution in [1.29, 1.82) is 0 Å². The molecular weight excluding hydrogens is 272 g/mol. The summed E-state index contributed by atoms with van der Waals surface area (Å²) in [7, 11) is 0. The number of tetrazole rings is 1. The van der Waals surface area contributed by atoms with Crippen LogP contribution < -0.4 is 0 Å². The zero-order valence-corrected chi connectivity index (χ0v) is 12.9. The Morgan fingerprint density at radius 3 is 2.81 bits per heavy atom. The maximum atomic E-state index is 11.5. The summed E-state index contributed by atoms with van der Waals surface area (Å²) in [6, 6.07) is 0. The van der Waals surface area contributed by atoms with Crippen LogP contribution in [0.15, 0.2) is 0 Å². The van der Waals surface area contributed by atoms with Crippen molar-refractivity contribution in [2.45, 2.75) is 59.1 Å². The van der Waals surface area contributed by atoms with Crippen LogP contribution >= 0.6 is 0 Å². The number of carbonyl (C=O) groups is 1. The second-order valence-electron chi connectivity index (χ2n) is 6.87. The molecule has 1 aromatic heterocycles. The van der Waals surface area contributed by atoms with E-state index in [4.69, 9.17) is 4.74 Å². The van der Waals surface area contributed by atoms with E-state index in [-0.39, 0.29) is 18.1 Å². The number of aromatic nitrogens is 4. The topological polar surface area (TPSA) is 90.1 Å². The van der Waals surface area contributed by atoms with Gasteiger partial charge in [0, 0.05) is 6.61 Å². The van der Waals surface area contributed by atoms with Gasteiger partial charge >= 0.3 is 5.97 Å². The number of carboxylic acids is 1. The van der Waals surface area contributed by atoms with Gasteiger partial charge in [0.15, 0.2) is 5.82 Å². The van der Waals surface area contributed by atoms with Gasteiger partial charge < -0.3 is 9.84 Å². The smallest absolute Gasteiger partial charge is 0.308 e. The predicted molar refractivity (Wildman–Crippen MR) is 75.6 cm³/mol. The highest BCUT2D eigenvalue weighted by Crippen LogP contribution is 2.28. The van der Waals surface area contributed by atoms with E-state index in [1.165, 1.54) is 0 Å². The highest BCUT2D eigenvalue weighted by Gasteiger charge is 2.28. The van der Waals surface area contributed by atoms with E-state index in [0.717, 1.165) is 19.3 Å². The molecule has 1 saturated heterocycles. The molecule has 0 amide bonds. The van der Waals surface area contributed by atoms with Crippen molar-refractivity contribution in [1.82, 2.24) is 20.2 Å². The molecule has 0 radical (unpaired) electrons. The third-order valence-electron chi connectivity index (χ3n) is 3.63. The minimum Gasteiger partial charge on any atom is -0.481 e. The van der Waals surface area contributed by atoms with E-state index >= 15 is 0 Å². The molecule has 118 valence electrons. The van der Waals surface area contributed by atoms with Gasteiger partial charge in [-0.25, -0.2) is 4.68 Å². The maximum absolute atomic E-state index is 11.5. The summed E-state index contributed by atoms with van der Waals surface area (Å²) in [6.07, 6.45) is 3.49. The van der Waals surface area contributed by atoms with Gasteiger partial charge in [-0.1, -0.05) is 20.8 Å². The number of nitrogens with zero attached hydrogens (tertiary/aromatic N) is 4. The van der Waals surface area contributed by atoms with Gasteiger partial charge in [-0.05, 0) is 41.5 Å². The second-order valence-corrected chi connectivity index (χ2v) is 6.87. The van der Waals surface area contributed by atoms with Crippen molar-refractivity contribution in [3.8, 4) is 0 Å². The summed E-state index contributed by atoms with van der Waals surface area (Å²) in [5, 5.41) is 21.1. The molecule has 1 aliphatic heterocycles. The first-order valence-corrected chi connectivity index (χ1v) is 7.47. The highest BCUT2D eigenvalue weighted by molar-refractivity contribution is 5.69. The summed E-state index contributed by atoms with van der Waals surface area (Å²) >= 11 is 0. The largest absolute Gasteiger partial charge is 0.481 e. The molecule has 1 N–H and O–H groups in total. The summed E-state index contributed by atoms with van der Waals surface area (Å²) in [5.41, 5.74) is -0.0570. The normalized spacial score (nSPS) is 21.2. The number of ether oxygens (including phenoxy) is 1. The zero-order valence-electron chi connectivity index (χ0n) is 12.9. The zero-order chi connectivity index (χ0) is 15.5. The second kappa shape index (κ2) is 6.51.